The van der Waals surface area contributed by atoms with Crippen LogP contribution < -0.4 is 5.73 Å². The van der Waals surface area contributed by atoms with Gasteiger partial charge >= 0.3 is 0 Å². The molecule has 18 heavy (non-hydrogen) atoms. The molecule has 0 amide bonds. The van der Waals surface area contributed by atoms with Crippen molar-refractivity contribution in [2.24, 2.45) is 11.1 Å². The van der Waals surface area contributed by atoms with Crippen LogP contribution in [0.1, 0.15) is 32.8 Å². The van der Waals surface area contributed by atoms with E-state index in [0.29, 0.717) is 0 Å². The number of rotatable bonds is 8. The maximum atomic E-state index is 5.83. The fourth-order valence-corrected chi connectivity index (χ4v) is 2.19. The lowest BCUT2D eigenvalue weighted by atomic mass is 9.93. The standard InChI is InChI=1S/C16H28N2/c1-4-11-18(14-16(2,3)13-17)12-10-15-8-6-5-7-9-15/h5-9H,4,10-14,17H2,1-3H3. The summed E-state index contributed by atoms with van der Waals surface area (Å²) in [4.78, 5) is 2.54. The third-order valence-electron chi connectivity index (χ3n) is 3.30. The minimum absolute atomic E-state index is 0.214. The minimum atomic E-state index is 0.214. The van der Waals surface area contributed by atoms with E-state index in [-0.39, 0.29) is 5.41 Å². The molecule has 102 valence electrons. The second-order valence-corrected chi connectivity index (χ2v) is 5.88. The van der Waals surface area contributed by atoms with Gasteiger partial charge in [-0.05, 0) is 36.9 Å². The summed E-state index contributed by atoms with van der Waals surface area (Å²) in [5.41, 5.74) is 7.47. The molecule has 1 aromatic rings. The first-order valence-corrected chi connectivity index (χ1v) is 7.04. The van der Waals surface area contributed by atoms with Gasteiger partial charge in [0, 0.05) is 13.1 Å². The summed E-state index contributed by atoms with van der Waals surface area (Å²) in [7, 11) is 0. The molecule has 0 aromatic heterocycles. The SMILES string of the molecule is CCCN(CCc1ccccc1)CC(C)(C)CN. The van der Waals surface area contributed by atoms with E-state index in [1.807, 2.05) is 0 Å². The van der Waals surface area contributed by atoms with Gasteiger partial charge in [-0.25, -0.2) is 0 Å². The normalized spacial score (nSPS) is 12.1. The van der Waals surface area contributed by atoms with Crippen LogP contribution in [0.2, 0.25) is 0 Å². The lowest BCUT2D eigenvalue weighted by molar-refractivity contribution is 0.184. The van der Waals surface area contributed by atoms with Crippen molar-refractivity contribution in [2.45, 2.75) is 33.6 Å². The van der Waals surface area contributed by atoms with Crippen LogP contribution in [0.25, 0.3) is 0 Å². The molecular formula is C16H28N2. The average molecular weight is 248 g/mol. The maximum absolute atomic E-state index is 5.83. The van der Waals surface area contributed by atoms with Crippen LogP contribution in [0.5, 0.6) is 0 Å². The molecule has 0 bridgehead atoms. The topological polar surface area (TPSA) is 29.3 Å². The summed E-state index contributed by atoms with van der Waals surface area (Å²) in [5.74, 6) is 0. The number of hydrogen-bond donors (Lipinski definition) is 1. The molecule has 0 fully saturated rings. The van der Waals surface area contributed by atoms with Gasteiger partial charge in [-0.1, -0.05) is 51.1 Å². The Morgan fingerprint density at radius 2 is 1.78 bits per heavy atom. The molecule has 0 saturated heterocycles. The Bertz CT molecular complexity index is 319. The number of nitrogens with zero attached hydrogens (tertiary/aromatic N) is 1. The molecule has 0 atom stereocenters. The molecular weight excluding hydrogens is 220 g/mol. The van der Waals surface area contributed by atoms with E-state index < -0.39 is 0 Å². The maximum Gasteiger partial charge on any atom is 0.00449 e. The predicted octanol–water partition coefficient (Wildman–Crippen LogP) is 2.93. The van der Waals surface area contributed by atoms with Crippen molar-refractivity contribution in [3.63, 3.8) is 0 Å². The number of nitrogens with two attached hydrogens (primary N) is 1. The molecule has 0 aliphatic carbocycles. The van der Waals surface area contributed by atoms with Crippen LogP contribution in [0, 0.1) is 5.41 Å². The first kappa shape index (κ1) is 15.2. The lowest BCUT2D eigenvalue weighted by Crippen LogP contribution is -2.40. The fraction of sp³-hybridized carbons (Fsp3) is 0.625. The third kappa shape index (κ3) is 5.65. The van der Waals surface area contributed by atoms with Crippen molar-refractivity contribution in [3.8, 4) is 0 Å². The highest BCUT2D eigenvalue weighted by molar-refractivity contribution is 5.14. The highest BCUT2D eigenvalue weighted by atomic mass is 15.1. The molecule has 0 unspecified atom stereocenters. The average Bonchev–Trinajstić information content (AvgIpc) is 2.37. The fourth-order valence-electron chi connectivity index (χ4n) is 2.19. The Morgan fingerprint density at radius 3 is 2.33 bits per heavy atom. The third-order valence-corrected chi connectivity index (χ3v) is 3.30. The molecule has 0 spiro atoms. The van der Waals surface area contributed by atoms with E-state index >= 15 is 0 Å². The molecule has 0 radical (unpaired) electrons. The van der Waals surface area contributed by atoms with Gasteiger partial charge in [0.15, 0.2) is 0 Å². The molecule has 0 aliphatic rings. The Labute approximate surface area is 112 Å². The molecule has 2 heteroatoms. The second kappa shape index (κ2) is 7.55. The smallest absolute Gasteiger partial charge is 0.00449 e. The van der Waals surface area contributed by atoms with Gasteiger partial charge in [0.05, 0.1) is 0 Å². The summed E-state index contributed by atoms with van der Waals surface area (Å²) in [6, 6.07) is 10.7. The van der Waals surface area contributed by atoms with Crippen LogP contribution >= 0.6 is 0 Å². The van der Waals surface area contributed by atoms with Crippen LogP contribution in [-0.2, 0) is 6.42 Å². The van der Waals surface area contributed by atoms with Gasteiger partial charge in [-0.15, -0.1) is 0 Å². The van der Waals surface area contributed by atoms with Crippen molar-refractivity contribution in [2.75, 3.05) is 26.2 Å². The van der Waals surface area contributed by atoms with E-state index in [4.69, 9.17) is 5.73 Å². The summed E-state index contributed by atoms with van der Waals surface area (Å²) in [6.45, 7) is 10.9. The highest BCUT2D eigenvalue weighted by Gasteiger charge is 2.19. The Morgan fingerprint density at radius 1 is 1.11 bits per heavy atom. The molecule has 2 nitrogen and oxygen atoms in total. The van der Waals surface area contributed by atoms with Crippen molar-refractivity contribution >= 4 is 0 Å². The Kier molecular flexibility index (Phi) is 6.37. The van der Waals surface area contributed by atoms with Crippen LogP contribution in [0.4, 0.5) is 0 Å². The number of hydrogen-bond acceptors (Lipinski definition) is 2. The van der Waals surface area contributed by atoms with Crippen molar-refractivity contribution < 1.29 is 0 Å². The van der Waals surface area contributed by atoms with E-state index in [1.165, 1.54) is 12.0 Å². The van der Waals surface area contributed by atoms with Crippen LogP contribution in [0.15, 0.2) is 30.3 Å². The van der Waals surface area contributed by atoms with Gasteiger partial charge < -0.3 is 10.6 Å². The van der Waals surface area contributed by atoms with Crippen molar-refractivity contribution in [3.05, 3.63) is 35.9 Å². The molecule has 1 aromatic carbocycles. The quantitative estimate of drug-likeness (QED) is 0.766. The summed E-state index contributed by atoms with van der Waals surface area (Å²) < 4.78 is 0. The van der Waals surface area contributed by atoms with E-state index in [9.17, 15) is 0 Å². The number of benzene rings is 1. The van der Waals surface area contributed by atoms with Gasteiger partial charge in [0.2, 0.25) is 0 Å². The van der Waals surface area contributed by atoms with Crippen LogP contribution in [-0.4, -0.2) is 31.1 Å². The lowest BCUT2D eigenvalue weighted by Gasteiger charge is -2.31. The van der Waals surface area contributed by atoms with Gasteiger partial charge in [-0.2, -0.15) is 0 Å². The van der Waals surface area contributed by atoms with Crippen LogP contribution in [0.3, 0.4) is 0 Å². The zero-order chi connectivity index (χ0) is 13.4. The first-order chi connectivity index (χ1) is 8.57. The van der Waals surface area contributed by atoms with E-state index in [2.05, 4.69) is 56.0 Å². The molecule has 0 aliphatic heterocycles. The molecule has 0 saturated carbocycles. The van der Waals surface area contributed by atoms with Gasteiger partial charge in [0.25, 0.3) is 0 Å². The summed E-state index contributed by atoms with van der Waals surface area (Å²) in [5, 5.41) is 0. The summed E-state index contributed by atoms with van der Waals surface area (Å²) in [6.07, 6.45) is 2.33. The molecule has 1 rings (SSSR count). The first-order valence-electron chi connectivity index (χ1n) is 7.04. The predicted molar refractivity (Wildman–Crippen MR) is 79.7 cm³/mol. The van der Waals surface area contributed by atoms with Gasteiger partial charge in [0.1, 0.15) is 0 Å². The monoisotopic (exact) mass is 248 g/mol. The zero-order valence-electron chi connectivity index (χ0n) is 12.2. The Balaban J connectivity index is 2.48. The second-order valence-electron chi connectivity index (χ2n) is 5.88. The highest BCUT2D eigenvalue weighted by Crippen LogP contribution is 2.15. The largest absolute Gasteiger partial charge is 0.330 e. The molecule has 2 N–H and O–H groups in total. The zero-order valence-corrected chi connectivity index (χ0v) is 12.2. The Hall–Kier alpha value is -0.860. The van der Waals surface area contributed by atoms with E-state index in [1.54, 1.807) is 0 Å². The molecule has 0 heterocycles. The minimum Gasteiger partial charge on any atom is -0.330 e. The van der Waals surface area contributed by atoms with Crippen molar-refractivity contribution in [1.29, 1.82) is 0 Å². The summed E-state index contributed by atoms with van der Waals surface area (Å²) >= 11 is 0. The van der Waals surface area contributed by atoms with Crippen molar-refractivity contribution in [1.82, 2.24) is 4.90 Å². The van der Waals surface area contributed by atoms with E-state index in [0.717, 1.165) is 32.6 Å². The van der Waals surface area contributed by atoms with Gasteiger partial charge in [-0.3, -0.25) is 0 Å².